The van der Waals surface area contributed by atoms with Crippen molar-refractivity contribution >= 4 is 0 Å². The summed E-state index contributed by atoms with van der Waals surface area (Å²) in [5.74, 6) is 0. The Morgan fingerprint density at radius 2 is 1.76 bits per heavy atom. The Morgan fingerprint density at radius 1 is 1.04 bits per heavy atom. The number of aliphatic hydroxyl groups excluding tert-OH is 1. The molecule has 0 saturated carbocycles. The van der Waals surface area contributed by atoms with Crippen molar-refractivity contribution in [3.63, 3.8) is 0 Å². The van der Waals surface area contributed by atoms with E-state index in [9.17, 15) is 5.11 Å². The number of benzene rings is 2. The fourth-order valence-corrected chi connectivity index (χ4v) is 3.30. The molecule has 0 radical (unpaired) electrons. The Kier molecular flexibility index (Phi) is 6.59. The molecule has 134 valence electrons. The van der Waals surface area contributed by atoms with Gasteiger partial charge in [-0.05, 0) is 23.7 Å². The second-order valence-corrected chi connectivity index (χ2v) is 6.83. The minimum Gasteiger partial charge on any atom is -0.387 e. The first-order valence-electron chi connectivity index (χ1n) is 9.00. The van der Waals surface area contributed by atoms with Crippen LogP contribution >= 0.6 is 0 Å². The summed E-state index contributed by atoms with van der Waals surface area (Å²) in [6.07, 6.45) is -0.456. The summed E-state index contributed by atoms with van der Waals surface area (Å²) >= 11 is 0. The second kappa shape index (κ2) is 9.11. The molecule has 3 rings (SSSR count). The van der Waals surface area contributed by atoms with Gasteiger partial charge in [0.15, 0.2) is 0 Å². The van der Waals surface area contributed by atoms with E-state index in [1.165, 1.54) is 11.1 Å². The van der Waals surface area contributed by atoms with E-state index in [1.54, 1.807) is 0 Å². The van der Waals surface area contributed by atoms with E-state index in [2.05, 4.69) is 41.1 Å². The van der Waals surface area contributed by atoms with Crippen LogP contribution < -0.4 is 0 Å². The standard InChI is InChI=1S/C21H28N2O2/c1-22(17-21(24)20-8-3-2-4-9-20)15-18-6-5-7-19(14-18)16-23-10-12-25-13-11-23/h2-9,14,21,24H,10-13,15-17H2,1H3. The molecule has 1 aliphatic heterocycles. The number of likely N-dealkylation sites (N-methyl/N-ethyl adjacent to an activating group) is 1. The lowest BCUT2D eigenvalue weighted by Crippen LogP contribution is -2.35. The third kappa shape index (κ3) is 5.65. The SMILES string of the molecule is CN(Cc1cccc(CN2CCOCC2)c1)CC(O)c1ccccc1. The highest BCUT2D eigenvalue weighted by Crippen LogP contribution is 2.16. The number of nitrogens with zero attached hydrogens (tertiary/aromatic N) is 2. The number of hydrogen-bond acceptors (Lipinski definition) is 4. The van der Waals surface area contributed by atoms with E-state index in [1.807, 2.05) is 30.3 Å². The fraction of sp³-hybridized carbons (Fsp3) is 0.429. The van der Waals surface area contributed by atoms with Crippen molar-refractivity contribution in [2.75, 3.05) is 39.9 Å². The van der Waals surface area contributed by atoms with Gasteiger partial charge in [0.25, 0.3) is 0 Å². The molecule has 1 fully saturated rings. The van der Waals surface area contributed by atoms with Gasteiger partial charge >= 0.3 is 0 Å². The van der Waals surface area contributed by atoms with Gasteiger partial charge in [-0.25, -0.2) is 0 Å². The maximum atomic E-state index is 10.4. The molecule has 1 atom stereocenters. The van der Waals surface area contributed by atoms with Crippen molar-refractivity contribution in [3.05, 3.63) is 71.3 Å². The van der Waals surface area contributed by atoms with Crippen LogP contribution in [0.3, 0.4) is 0 Å². The molecular weight excluding hydrogens is 312 g/mol. The van der Waals surface area contributed by atoms with Crippen LogP contribution in [-0.4, -0.2) is 54.8 Å². The molecule has 4 nitrogen and oxygen atoms in total. The first kappa shape index (κ1) is 18.1. The average molecular weight is 340 g/mol. The lowest BCUT2D eigenvalue weighted by atomic mass is 10.1. The molecule has 1 unspecified atom stereocenters. The van der Waals surface area contributed by atoms with E-state index < -0.39 is 6.10 Å². The molecule has 0 amide bonds. The van der Waals surface area contributed by atoms with Crippen LogP contribution in [0.25, 0.3) is 0 Å². The zero-order valence-electron chi connectivity index (χ0n) is 15.0. The van der Waals surface area contributed by atoms with Gasteiger partial charge in [0.05, 0.1) is 19.3 Å². The highest BCUT2D eigenvalue weighted by atomic mass is 16.5. The van der Waals surface area contributed by atoms with E-state index in [0.717, 1.165) is 45.0 Å². The van der Waals surface area contributed by atoms with E-state index in [-0.39, 0.29) is 0 Å². The van der Waals surface area contributed by atoms with Gasteiger partial charge in [0.2, 0.25) is 0 Å². The Morgan fingerprint density at radius 3 is 2.52 bits per heavy atom. The third-order valence-electron chi connectivity index (χ3n) is 4.62. The first-order chi connectivity index (χ1) is 12.2. The fourth-order valence-electron chi connectivity index (χ4n) is 3.30. The Labute approximate surface area is 150 Å². The predicted molar refractivity (Wildman–Crippen MR) is 100 cm³/mol. The molecule has 2 aromatic rings. The van der Waals surface area contributed by atoms with Crippen molar-refractivity contribution in [1.29, 1.82) is 0 Å². The molecule has 25 heavy (non-hydrogen) atoms. The molecule has 0 spiro atoms. The van der Waals surface area contributed by atoms with Crippen LogP contribution in [0.1, 0.15) is 22.8 Å². The summed E-state index contributed by atoms with van der Waals surface area (Å²) in [6, 6.07) is 18.6. The number of morpholine rings is 1. The molecule has 0 aliphatic carbocycles. The molecule has 4 heteroatoms. The average Bonchev–Trinajstić information content (AvgIpc) is 2.63. The third-order valence-corrected chi connectivity index (χ3v) is 4.62. The molecule has 2 aromatic carbocycles. The van der Waals surface area contributed by atoms with Gasteiger partial charge in [-0.2, -0.15) is 0 Å². The van der Waals surface area contributed by atoms with Gasteiger partial charge < -0.3 is 9.84 Å². The van der Waals surface area contributed by atoms with Gasteiger partial charge in [-0.3, -0.25) is 9.80 Å². The summed E-state index contributed by atoms with van der Waals surface area (Å²) in [4.78, 5) is 4.61. The normalized spacial score (nSPS) is 16.9. The minimum atomic E-state index is -0.456. The van der Waals surface area contributed by atoms with Crippen LogP contribution in [0.5, 0.6) is 0 Å². The second-order valence-electron chi connectivity index (χ2n) is 6.83. The zero-order valence-corrected chi connectivity index (χ0v) is 15.0. The van der Waals surface area contributed by atoms with Crippen molar-refractivity contribution < 1.29 is 9.84 Å². The Hall–Kier alpha value is -1.72. The van der Waals surface area contributed by atoms with Gasteiger partial charge in [0.1, 0.15) is 0 Å². The van der Waals surface area contributed by atoms with Gasteiger partial charge in [0, 0.05) is 32.7 Å². The molecule has 0 aromatic heterocycles. The lowest BCUT2D eigenvalue weighted by Gasteiger charge is -2.27. The van der Waals surface area contributed by atoms with E-state index >= 15 is 0 Å². The minimum absolute atomic E-state index is 0.456. The van der Waals surface area contributed by atoms with E-state index in [4.69, 9.17) is 4.74 Å². The number of ether oxygens (including phenoxy) is 1. The maximum absolute atomic E-state index is 10.4. The van der Waals surface area contributed by atoms with Crippen LogP contribution in [0.4, 0.5) is 0 Å². The molecule has 0 bridgehead atoms. The van der Waals surface area contributed by atoms with Crippen molar-refractivity contribution in [1.82, 2.24) is 9.80 Å². The Bertz CT molecular complexity index is 641. The molecule has 1 heterocycles. The van der Waals surface area contributed by atoms with E-state index in [0.29, 0.717) is 6.54 Å². The smallest absolute Gasteiger partial charge is 0.0916 e. The van der Waals surface area contributed by atoms with Gasteiger partial charge in [-0.15, -0.1) is 0 Å². The summed E-state index contributed by atoms with van der Waals surface area (Å²) in [6.45, 7) is 6.12. The summed E-state index contributed by atoms with van der Waals surface area (Å²) in [7, 11) is 2.06. The quantitative estimate of drug-likeness (QED) is 0.841. The maximum Gasteiger partial charge on any atom is 0.0916 e. The highest BCUT2D eigenvalue weighted by Gasteiger charge is 2.13. The highest BCUT2D eigenvalue weighted by molar-refractivity contribution is 5.24. The summed E-state index contributed by atoms with van der Waals surface area (Å²) in [5.41, 5.74) is 3.60. The van der Waals surface area contributed by atoms with Crippen LogP contribution in [0, 0.1) is 0 Å². The predicted octanol–water partition coefficient (Wildman–Crippen LogP) is 2.68. The number of rotatable bonds is 7. The summed E-state index contributed by atoms with van der Waals surface area (Å²) < 4.78 is 5.42. The van der Waals surface area contributed by atoms with Crippen molar-refractivity contribution in [3.8, 4) is 0 Å². The monoisotopic (exact) mass is 340 g/mol. The molecule has 1 N–H and O–H groups in total. The van der Waals surface area contributed by atoms with Crippen LogP contribution in [0.15, 0.2) is 54.6 Å². The number of hydrogen-bond donors (Lipinski definition) is 1. The Balaban J connectivity index is 1.54. The number of aliphatic hydroxyl groups is 1. The first-order valence-corrected chi connectivity index (χ1v) is 9.00. The zero-order chi connectivity index (χ0) is 17.5. The topological polar surface area (TPSA) is 35.9 Å². The van der Waals surface area contributed by atoms with Crippen LogP contribution in [-0.2, 0) is 17.8 Å². The van der Waals surface area contributed by atoms with Crippen molar-refractivity contribution in [2.24, 2.45) is 0 Å². The molecule has 1 aliphatic rings. The van der Waals surface area contributed by atoms with Crippen molar-refractivity contribution in [2.45, 2.75) is 19.2 Å². The lowest BCUT2D eigenvalue weighted by molar-refractivity contribution is 0.0342. The van der Waals surface area contributed by atoms with Gasteiger partial charge in [-0.1, -0.05) is 54.6 Å². The molecule has 1 saturated heterocycles. The largest absolute Gasteiger partial charge is 0.387 e. The summed E-state index contributed by atoms with van der Waals surface area (Å²) in [5, 5.41) is 10.4. The van der Waals surface area contributed by atoms with Crippen LogP contribution in [0.2, 0.25) is 0 Å². The molecular formula is C21H28N2O2.